The molecule has 0 bridgehead atoms. The minimum atomic E-state index is 0.589. The van der Waals surface area contributed by atoms with Gasteiger partial charge in [0, 0.05) is 17.9 Å². The van der Waals surface area contributed by atoms with E-state index in [1.165, 1.54) is 4.70 Å². The van der Waals surface area contributed by atoms with E-state index in [1.807, 2.05) is 17.6 Å². The summed E-state index contributed by atoms with van der Waals surface area (Å²) in [5, 5.41) is 0. The average molecular weight is 222 g/mol. The highest BCUT2D eigenvalue weighted by Crippen LogP contribution is 2.18. The number of benzene rings is 1. The summed E-state index contributed by atoms with van der Waals surface area (Å²) in [4.78, 5) is 4.23. The molecule has 1 aromatic carbocycles. The van der Waals surface area contributed by atoms with Crippen molar-refractivity contribution in [2.75, 3.05) is 5.88 Å². The van der Waals surface area contributed by atoms with Gasteiger partial charge in [0.1, 0.15) is 0 Å². The van der Waals surface area contributed by atoms with E-state index in [0.717, 1.165) is 17.5 Å². The maximum atomic E-state index is 5.53. The van der Waals surface area contributed by atoms with Crippen LogP contribution in [0.25, 0.3) is 10.2 Å². The molecule has 0 amide bonds. The molecule has 1 aromatic heterocycles. The van der Waals surface area contributed by atoms with Crippen LogP contribution in [0.5, 0.6) is 0 Å². The van der Waals surface area contributed by atoms with Crippen molar-refractivity contribution < 1.29 is 0 Å². The smallest absolute Gasteiger partial charge is 0.0824 e. The highest BCUT2D eigenvalue weighted by Gasteiger charge is 1.95. The number of fused-ring (bicyclic) bond motifs is 1. The third kappa shape index (κ3) is 2.06. The van der Waals surface area contributed by atoms with Gasteiger partial charge in [0.25, 0.3) is 0 Å². The Morgan fingerprint density at radius 1 is 1.43 bits per heavy atom. The highest BCUT2D eigenvalue weighted by atomic mass is 35.5. The molecule has 0 saturated carbocycles. The average Bonchev–Trinajstić information content (AvgIpc) is 2.65. The number of hydrogen-bond acceptors (Lipinski definition) is 2. The number of alkyl halides is 1. The topological polar surface area (TPSA) is 12.9 Å². The summed E-state index contributed by atoms with van der Waals surface area (Å²) in [6, 6.07) is 6.08. The highest BCUT2D eigenvalue weighted by molar-refractivity contribution is 7.16. The van der Waals surface area contributed by atoms with Crippen molar-refractivity contribution in [2.24, 2.45) is 0 Å². The summed E-state index contributed by atoms with van der Waals surface area (Å²) in [7, 11) is 0. The van der Waals surface area contributed by atoms with Crippen LogP contribution in [-0.4, -0.2) is 10.9 Å². The molecule has 0 aliphatic rings. The van der Waals surface area contributed by atoms with Gasteiger partial charge in [0.15, 0.2) is 0 Å². The lowest BCUT2D eigenvalue weighted by molar-refractivity contribution is 1.29. The van der Waals surface area contributed by atoms with Gasteiger partial charge in [-0.1, -0.05) is 11.8 Å². The fourth-order valence-electron chi connectivity index (χ4n) is 1.15. The van der Waals surface area contributed by atoms with Crippen LogP contribution in [0.1, 0.15) is 12.0 Å². The van der Waals surface area contributed by atoms with Crippen LogP contribution in [0.4, 0.5) is 0 Å². The van der Waals surface area contributed by atoms with Crippen molar-refractivity contribution in [2.45, 2.75) is 6.42 Å². The Hall–Kier alpha value is -1.04. The van der Waals surface area contributed by atoms with Crippen molar-refractivity contribution in [1.82, 2.24) is 4.98 Å². The number of halogens is 1. The van der Waals surface area contributed by atoms with E-state index in [1.54, 1.807) is 11.3 Å². The van der Waals surface area contributed by atoms with Gasteiger partial charge in [0.05, 0.1) is 15.7 Å². The summed E-state index contributed by atoms with van der Waals surface area (Å²) in [5.74, 6) is 6.65. The van der Waals surface area contributed by atoms with Crippen LogP contribution in [-0.2, 0) is 0 Å². The molecule has 1 nitrogen and oxygen atoms in total. The van der Waals surface area contributed by atoms with Gasteiger partial charge in [-0.3, -0.25) is 0 Å². The Bertz CT molecular complexity index is 492. The molecule has 2 rings (SSSR count). The lowest BCUT2D eigenvalue weighted by Gasteiger charge is -1.89. The standard InChI is InChI=1S/C11H8ClNS/c12-6-2-1-3-9-4-5-11-10(7-9)13-8-14-11/h4-5,7-8H,2,6H2. The minimum Gasteiger partial charge on any atom is -0.245 e. The second-order valence-electron chi connectivity index (χ2n) is 2.78. The zero-order valence-electron chi connectivity index (χ0n) is 7.46. The molecule has 0 radical (unpaired) electrons. The zero-order valence-corrected chi connectivity index (χ0v) is 9.03. The maximum Gasteiger partial charge on any atom is 0.0824 e. The molecule has 0 aliphatic heterocycles. The van der Waals surface area contributed by atoms with Crippen LogP contribution in [0.2, 0.25) is 0 Å². The largest absolute Gasteiger partial charge is 0.245 e. The zero-order chi connectivity index (χ0) is 9.80. The van der Waals surface area contributed by atoms with E-state index >= 15 is 0 Å². The number of thiazole rings is 1. The Morgan fingerprint density at radius 2 is 2.36 bits per heavy atom. The summed E-state index contributed by atoms with van der Waals surface area (Å²) in [6.45, 7) is 0. The fraction of sp³-hybridized carbons (Fsp3) is 0.182. The Labute approximate surface area is 91.7 Å². The van der Waals surface area contributed by atoms with Gasteiger partial charge in [-0.2, -0.15) is 0 Å². The van der Waals surface area contributed by atoms with Gasteiger partial charge in [-0.15, -0.1) is 22.9 Å². The molecule has 0 atom stereocenters. The molecule has 14 heavy (non-hydrogen) atoms. The molecular weight excluding hydrogens is 214 g/mol. The molecule has 3 heteroatoms. The van der Waals surface area contributed by atoms with Crippen molar-refractivity contribution in [3.05, 3.63) is 29.3 Å². The molecule has 0 aliphatic carbocycles. The van der Waals surface area contributed by atoms with Gasteiger partial charge in [-0.25, -0.2) is 4.98 Å². The minimum absolute atomic E-state index is 0.589. The van der Waals surface area contributed by atoms with Gasteiger partial charge < -0.3 is 0 Å². The van der Waals surface area contributed by atoms with E-state index < -0.39 is 0 Å². The van der Waals surface area contributed by atoms with Crippen molar-refractivity contribution in [1.29, 1.82) is 0 Å². The van der Waals surface area contributed by atoms with E-state index in [4.69, 9.17) is 11.6 Å². The SMILES string of the molecule is ClCCC#Cc1ccc2scnc2c1. The monoisotopic (exact) mass is 221 g/mol. The summed E-state index contributed by atoms with van der Waals surface area (Å²) >= 11 is 7.18. The quantitative estimate of drug-likeness (QED) is 0.532. The summed E-state index contributed by atoms with van der Waals surface area (Å²) in [5.41, 5.74) is 3.88. The molecule has 0 spiro atoms. The molecule has 0 unspecified atom stereocenters. The van der Waals surface area contributed by atoms with Crippen molar-refractivity contribution in [3.8, 4) is 11.8 Å². The number of hydrogen-bond donors (Lipinski definition) is 0. The normalized spacial score (nSPS) is 9.79. The Balaban J connectivity index is 2.31. The third-order valence-electron chi connectivity index (χ3n) is 1.78. The van der Waals surface area contributed by atoms with Crippen LogP contribution in [0, 0.1) is 11.8 Å². The first-order chi connectivity index (χ1) is 6.90. The van der Waals surface area contributed by atoms with E-state index in [0.29, 0.717) is 5.88 Å². The lowest BCUT2D eigenvalue weighted by atomic mass is 10.2. The summed E-state index contributed by atoms with van der Waals surface area (Å²) < 4.78 is 1.20. The van der Waals surface area contributed by atoms with Crippen LogP contribution >= 0.6 is 22.9 Å². The molecule has 0 fully saturated rings. The second kappa shape index (κ2) is 4.45. The number of rotatable bonds is 1. The molecule has 0 saturated heterocycles. The molecule has 70 valence electrons. The fourth-order valence-corrected chi connectivity index (χ4v) is 1.90. The first-order valence-corrected chi connectivity index (χ1v) is 5.69. The van der Waals surface area contributed by atoms with Crippen molar-refractivity contribution >= 4 is 33.2 Å². The van der Waals surface area contributed by atoms with Crippen LogP contribution < -0.4 is 0 Å². The van der Waals surface area contributed by atoms with Gasteiger partial charge in [0.2, 0.25) is 0 Å². The second-order valence-corrected chi connectivity index (χ2v) is 4.04. The van der Waals surface area contributed by atoms with E-state index in [9.17, 15) is 0 Å². The predicted molar refractivity (Wildman–Crippen MR) is 61.8 cm³/mol. The third-order valence-corrected chi connectivity index (χ3v) is 2.78. The van der Waals surface area contributed by atoms with Crippen LogP contribution in [0.3, 0.4) is 0 Å². The van der Waals surface area contributed by atoms with E-state index in [-0.39, 0.29) is 0 Å². The predicted octanol–water partition coefficient (Wildman–Crippen LogP) is 3.28. The number of aromatic nitrogens is 1. The summed E-state index contributed by atoms with van der Waals surface area (Å²) in [6.07, 6.45) is 0.733. The first-order valence-electron chi connectivity index (χ1n) is 4.28. The van der Waals surface area contributed by atoms with Gasteiger partial charge >= 0.3 is 0 Å². The van der Waals surface area contributed by atoms with Gasteiger partial charge in [-0.05, 0) is 18.2 Å². The lowest BCUT2D eigenvalue weighted by Crippen LogP contribution is -1.75. The first kappa shape index (κ1) is 9.51. The van der Waals surface area contributed by atoms with Crippen LogP contribution in [0.15, 0.2) is 23.7 Å². The van der Waals surface area contributed by atoms with Crippen molar-refractivity contribution in [3.63, 3.8) is 0 Å². The Kier molecular flexibility index (Phi) is 3.03. The maximum absolute atomic E-state index is 5.53. The molecular formula is C11H8ClNS. The molecule has 2 aromatic rings. The Morgan fingerprint density at radius 3 is 3.21 bits per heavy atom. The van der Waals surface area contributed by atoms with E-state index in [2.05, 4.69) is 22.9 Å². The number of nitrogens with zero attached hydrogens (tertiary/aromatic N) is 1. The molecule has 1 heterocycles. The molecule has 0 N–H and O–H groups in total.